The second-order valence-corrected chi connectivity index (χ2v) is 5.82. The molecule has 0 unspecified atom stereocenters. The number of nitrogens with one attached hydrogen (secondary N) is 1. The van der Waals surface area contributed by atoms with Gasteiger partial charge in [-0.3, -0.25) is 4.79 Å². The monoisotopic (exact) mass is 343 g/mol. The summed E-state index contributed by atoms with van der Waals surface area (Å²) >= 11 is 0. The van der Waals surface area contributed by atoms with E-state index in [4.69, 9.17) is 14.2 Å². The molecule has 0 aromatic heterocycles. The molecule has 1 atom stereocenters. The van der Waals surface area contributed by atoms with E-state index in [2.05, 4.69) is 5.32 Å². The Morgan fingerprint density at radius 1 is 1.00 bits per heavy atom. The summed E-state index contributed by atoms with van der Waals surface area (Å²) < 4.78 is 16.3. The minimum atomic E-state index is -0.567. The Kier molecular flexibility index (Phi) is 6.69. The first-order chi connectivity index (χ1) is 12.0. The van der Waals surface area contributed by atoms with Crippen molar-refractivity contribution < 1.29 is 19.0 Å². The quantitative estimate of drug-likeness (QED) is 0.748. The number of aryl methyl sites for hydroxylation is 2. The topological polar surface area (TPSA) is 56.8 Å². The highest BCUT2D eigenvalue weighted by atomic mass is 16.5. The highest BCUT2D eigenvalue weighted by molar-refractivity contribution is 5.80. The molecule has 5 nitrogen and oxygen atoms in total. The van der Waals surface area contributed by atoms with Crippen LogP contribution in [0.25, 0.3) is 0 Å². The molecule has 2 aromatic carbocycles. The number of amides is 1. The van der Waals surface area contributed by atoms with Crippen LogP contribution in [0.3, 0.4) is 0 Å². The molecule has 0 saturated carbocycles. The van der Waals surface area contributed by atoms with Crippen LogP contribution in [-0.4, -0.2) is 32.3 Å². The summed E-state index contributed by atoms with van der Waals surface area (Å²) in [6.45, 7) is 6.58. The molecular weight excluding hydrogens is 318 g/mol. The molecule has 0 radical (unpaired) electrons. The average molecular weight is 343 g/mol. The Morgan fingerprint density at radius 3 is 2.28 bits per heavy atom. The van der Waals surface area contributed by atoms with E-state index in [1.165, 1.54) is 5.56 Å². The van der Waals surface area contributed by atoms with Crippen molar-refractivity contribution in [3.05, 3.63) is 53.6 Å². The summed E-state index contributed by atoms with van der Waals surface area (Å²) in [6.07, 6.45) is -0.567. The van der Waals surface area contributed by atoms with E-state index in [9.17, 15) is 4.79 Å². The SMILES string of the molecule is COc1ccc(OCCNC(=O)[C@@H](C)Oc2ccc(C)c(C)c2)cc1. The molecule has 0 aliphatic heterocycles. The van der Waals surface area contributed by atoms with Crippen LogP contribution in [0.15, 0.2) is 42.5 Å². The number of hydrogen-bond donors (Lipinski definition) is 1. The molecule has 0 heterocycles. The van der Waals surface area contributed by atoms with Crippen LogP contribution in [0.4, 0.5) is 0 Å². The highest BCUT2D eigenvalue weighted by Crippen LogP contribution is 2.18. The van der Waals surface area contributed by atoms with Crippen LogP contribution in [0.5, 0.6) is 17.2 Å². The fourth-order valence-corrected chi connectivity index (χ4v) is 2.20. The molecular formula is C20H25NO4. The Morgan fingerprint density at radius 2 is 1.64 bits per heavy atom. The van der Waals surface area contributed by atoms with Gasteiger partial charge in [-0.25, -0.2) is 0 Å². The maximum absolute atomic E-state index is 12.1. The van der Waals surface area contributed by atoms with Crippen LogP contribution < -0.4 is 19.5 Å². The van der Waals surface area contributed by atoms with Crippen LogP contribution in [0.1, 0.15) is 18.1 Å². The number of carbonyl (C=O) groups is 1. The van der Waals surface area contributed by atoms with E-state index in [-0.39, 0.29) is 5.91 Å². The van der Waals surface area contributed by atoms with Crippen molar-refractivity contribution in [3.63, 3.8) is 0 Å². The summed E-state index contributed by atoms with van der Waals surface area (Å²) in [7, 11) is 1.62. The number of ether oxygens (including phenoxy) is 3. The van der Waals surface area contributed by atoms with Gasteiger partial charge in [-0.2, -0.15) is 0 Å². The molecule has 1 N–H and O–H groups in total. The zero-order valence-electron chi connectivity index (χ0n) is 15.2. The van der Waals surface area contributed by atoms with E-state index >= 15 is 0 Å². The second-order valence-electron chi connectivity index (χ2n) is 5.82. The molecule has 1 amide bonds. The van der Waals surface area contributed by atoms with Crippen LogP contribution >= 0.6 is 0 Å². The lowest BCUT2D eigenvalue weighted by Crippen LogP contribution is -2.38. The summed E-state index contributed by atoms with van der Waals surface area (Å²) in [5.41, 5.74) is 2.33. The first kappa shape index (κ1) is 18.6. The Bertz CT molecular complexity index is 697. The minimum absolute atomic E-state index is 0.170. The van der Waals surface area contributed by atoms with E-state index in [1.54, 1.807) is 14.0 Å². The predicted molar refractivity (Wildman–Crippen MR) is 97.5 cm³/mol. The maximum atomic E-state index is 12.1. The molecule has 0 fully saturated rings. The largest absolute Gasteiger partial charge is 0.497 e. The van der Waals surface area contributed by atoms with E-state index in [0.29, 0.717) is 18.9 Å². The van der Waals surface area contributed by atoms with Crippen molar-refractivity contribution in [3.8, 4) is 17.2 Å². The van der Waals surface area contributed by atoms with Gasteiger partial charge in [-0.15, -0.1) is 0 Å². The highest BCUT2D eigenvalue weighted by Gasteiger charge is 2.14. The zero-order valence-corrected chi connectivity index (χ0v) is 15.2. The van der Waals surface area contributed by atoms with Gasteiger partial charge >= 0.3 is 0 Å². The summed E-state index contributed by atoms with van der Waals surface area (Å²) in [6, 6.07) is 13.1. The fraction of sp³-hybridized carbons (Fsp3) is 0.350. The Balaban J connectivity index is 1.72. The molecule has 25 heavy (non-hydrogen) atoms. The summed E-state index contributed by atoms with van der Waals surface area (Å²) in [5.74, 6) is 2.03. The third-order valence-electron chi connectivity index (χ3n) is 3.89. The van der Waals surface area contributed by atoms with Gasteiger partial charge in [0.15, 0.2) is 6.10 Å². The first-order valence-corrected chi connectivity index (χ1v) is 8.28. The predicted octanol–water partition coefficient (Wildman–Crippen LogP) is 3.27. The third-order valence-corrected chi connectivity index (χ3v) is 3.89. The number of hydrogen-bond acceptors (Lipinski definition) is 4. The van der Waals surface area contributed by atoms with Crippen molar-refractivity contribution in [1.82, 2.24) is 5.32 Å². The van der Waals surface area contributed by atoms with Crippen molar-refractivity contribution in [1.29, 1.82) is 0 Å². The third kappa shape index (κ3) is 5.71. The van der Waals surface area contributed by atoms with Crippen molar-refractivity contribution >= 4 is 5.91 Å². The van der Waals surface area contributed by atoms with Gasteiger partial charge in [-0.05, 0) is 68.3 Å². The van der Waals surface area contributed by atoms with Crippen LogP contribution in [-0.2, 0) is 4.79 Å². The molecule has 2 rings (SSSR count). The van der Waals surface area contributed by atoms with Gasteiger partial charge in [0, 0.05) is 0 Å². The normalized spacial score (nSPS) is 11.5. The molecule has 134 valence electrons. The van der Waals surface area contributed by atoms with Crippen molar-refractivity contribution in [2.75, 3.05) is 20.3 Å². The van der Waals surface area contributed by atoms with Crippen LogP contribution in [0.2, 0.25) is 0 Å². The minimum Gasteiger partial charge on any atom is -0.497 e. The van der Waals surface area contributed by atoms with Crippen molar-refractivity contribution in [2.24, 2.45) is 0 Å². The van der Waals surface area contributed by atoms with Gasteiger partial charge in [0.2, 0.25) is 0 Å². The molecule has 5 heteroatoms. The molecule has 0 saturated heterocycles. The molecule has 0 aliphatic rings. The van der Waals surface area contributed by atoms with Gasteiger partial charge < -0.3 is 19.5 Å². The van der Waals surface area contributed by atoms with Crippen LogP contribution in [0, 0.1) is 13.8 Å². The lowest BCUT2D eigenvalue weighted by atomic mass is 10.1. The Hall–Kier alpha value is -2.69. The second kappa shape index (κ2) is 8.97. The lowest BCUT2D eigenvalue weighted by molar-refractivity contribution is -0.127. The number of carbonyl (C=O) groups excluding carboxylic acids is 1. The van der Waals surface area contributed by atoms with E-state index in [0.717, 1.165) is 17.1 Å². The maximum Gasteiger partial charge on any atom is 0.260 e. The Labute approximate surface area is 148 Å². The van der Waals surface area contributed by atoms with Gasteiger partial charge in [0.1, 0.15) is 23.9 Å². The summed E-state index contributed by atoms with van der Waals surface area (Å²) in [5, 5.41) is 2.81. The van der Waals surface area contributed by atoms with E-state index < -0.39 is 6.10 Å². The average Bonchev–Trinajstić information content (AvgIpc) is 2.62. The molecule has 0 spiro atoms. The van der Waals surface area contributed by atoms with Gasteiger partial charge in [-0.1, -0.05) is 6.07 Å². The molecule has 0 bridgehead atoms. The lowest BCUT2D eigenvalue weighted by Gasteiger charge is -2.16. The van der Waals surface area contributed by atoms with Gasteiger partial charge in [0.05, 0.1) is 13.7 Å². The number of benzene rings is 2. The summed E-state index contributed by atoms with van der Waals surface area (Å²) in [4.78, 5) is 12.1. The fourth-order valence-electron chi connectivity index (χ4n) is 2.20. The molecule has 0 aliphatic carbocycles. The number of rotatable bonds is 8. The number of methoxy groups -OCH3 is 1. The first-order valence-electron chi connectivity index (χ1n) is 8.28. The zero-order chi connectivity index (χ0) is 18.2. The van der Waals surface area contributed by atoms with E-state index in [1.807, 2.05) is 56.3 Å². The van der Waals surface area contributed by atoms with Gasteiger partial charge in [0.25, 0.3) is 5.91 Å². The standard InChI is InChI=1S/C20H25NO4/c1-14-5-6-19(13-15(14)2)25-16(3)20(22)21-11-12-24-18-9-7-17(23-4)8-10-18/h5-10,13,16H,11-12H2,1-4H3,(H,21,22)/t16-/m1/s1. The smallest absolute Gasteiger partial charge is 0.260 e. The van der Waals surface area contributed by atoms with Crippen molar-refractivity contribution in [2.45, 2.75) is 26.9 Å². The molecule has 2 aromatic rings.